The van der Waals surface area contributed by atoms with Crippen LogP contribution < -0.4 is 0 Å². The van der Waals surface area contributed by atoms with Gasteiger partial charge in [0.05, 0.1) is 6.61 Å². The van der Waals surface area contributed by atoms with Gasteiger partial charge >= 0.3 is 14.8 Å². The SMILES string of the molecule is C=C(C)C(=O)OCCCCCCCCCCCCC[Si](OC)(OC)OC. The van der Waals surface area contributed by atoms with E-state index >= 15 is 0 Å². The van der Waals surface area contributed by atoms with Crippen LogP contribution in [0.25, 0.3) is 0 Å². The van der Waals surface area contributed by atoms with Gasteiger partial charge in [0, 0.05) is 32.9 Å². The maximum Gasteiger partial charge on any atom is 0.500 e. The number of carbonyl (C=O) groups excluding carboxylic acids is 1. The van der Waals surface area contributed by atoms with Gasteiger partial charge in [-0.3, -0.25) is 0 Å². The van der Waals surface area contributed by atoms with Crippen LogP contribution in [0.15, 0.2) is 12.2 Å². The van der Waals surface area contributed by atoms with Gasteiger partial charge in [-0.25, -0.2) is 4.79 Å². The van der Waals surface area contributed by atoms with Crippen molar-refractivity contribution in [3.05, 3.63) is 12.2 Å². The van der Waals surface area contributed by atoms with Crippen molar-refractivity contribution < 1.29 is 22.8 Å². The molecule has 0 aliphatic carbocycles. The Bertz CT molecular complexity index is 361. The summed E-state index contributed by atoms with van der Waals surface area (Å²) in [5, 5.41) is 0. The number of hydrogen-bond acceptors (Lipinski definition) is 5. The molecule has 0 unspecified atom stereocenters. The van der Waals surface area contributed by atoms with Crippen LogP contribution >= 0.6 is 0 Å². The van der Waals surface area contributed by atoms with E-state index in [4.69, 9.17) is 18.0 Å². The molecule has 0 fully saturated rings. The number of hydrogen-bond donors (Lipinski definition) is 0. The summed E-state index contributed by atoms with van der Waals surface area (Å²) in [6.45, 7) is 5.76. The van der Waals surface area contributed by atoms with Gasteiger partial charge < -0.3 is 18.0 Å². The highest BCUT2D eigenvalue weighted by Crippen LogP contribution is 2.18. The van der Waals surface area contributed by atoms with Gasteiger partial charge in [-0.1, -0.05) is 64.4 Å². The number of ether oxygens (including phenoxy) is 1. The first-order chi connectivity index (χ1) is 12.5. The summed E-state index contributed by atoms with van der Waals surface area (Å²) >= 11 is 0. The van der Waals surface area contributed by atoms with Gasteiger partial charge in [0.2, 0.25) is 0 Å². The summed E-state index contributed by atoms with van der Waals surface area (Å²) in [7, 11) is 2.66. The highest BCUT2D eigenvalue weighted by Gasteiger charge is 2.36. The van der Waals surface area contributed by atoms with E-state index in [2.05, 4.69) is 6.58 Å². The molecular weight excluding hydrogens is 348 g/mol. The van der Waals surface area contributed by atoms with Gasteiger partial charge in [-0.05, 0) is 19.8 Å². The van der Waals surface area contributed by atoms with Crippen molar-refractivity contribution in [2.24, 2.45) is 0 Å². The van der Waals surface area contributed by atoms with Gasteiger partial charge in [0.1, 0.15) is 0 Å². The molecule has 0 saturated heterocycles. The second-order valence-corrected chi connectivity index (χ2v) is 9.94. The van der Waals surface area contributed by atoms with Gasteiger partial charge in [-0.15, -0.1) is 0 Å². The predicted octanol–water partition coefficient (Wildman–Crippen LogP) is 5.27. The van der Waals surface area contributed by atoms with E-state index in [1.54, 1.807) is 28.3 Å². The molecule has 0 radical (unpaired) electrons. The van der Waals surface area contributed by atoms with Crippen LogP contribution in [-0.4, -0.2) is 42.7 Å². The average Bonchev–Trinajstić information content (AvgIpc) is 2.65. The Morgan fingerprint density at radius 3 is 1.50 bits per heavy atom. The van der Waals surface area contributed by atoms with E-state index in [0.717, 1.165) is 25.3 Å². The molecule has 0 N–H and O–H groups in total. The highest BCUT2D eigenvalue weighted by molar-refractivity contribution is 6.60. The molecule has 0 rings (SSSR count). The Morgan fingerprint density at radius 2 is 1.12 bits per heavy atom. The zero-order chi connectivity index (χ0) is 19.7. The molecule has 0 aromatic carbocycles. The zero-order valence-electron chi connectivity index (χ0n) is 17.4. The Labute approximate surface area is 161 Å². The second kappa shape index (κ2) is 16.5. The molecule has 0 aliphatic heterocycles. The van der Waals surface area contributed by atoms with Crippen molar-refractivity contribution in [3.63, 3.8) is 0 Å². The maximum absolute atomic E-state index is 11.2. The lowest BCUT2D eigenvalue weighted by Gasteiger charge is -2.24. The van der Waals surface area contributed by atoms with E-state index in [1.807, 2.05) is 0 Å². The zero-order valence-corrected chi connectivity index (χ0v) is 18.4. The summed E-state index contributed by atoms with van der Waals surface area (Å²) in [5.74, 6) is -0.273. The minimum Gasteiger partial charge on any atom is -0.462 e. The molecule has 0 heterocycles. The van der Waals surface area contributed by atoms with Crippen molar-refractivity contribution in [2.45, 2.75) is 83.6 Å². The largest absolute Gasteiger partial charge is 0.500 e. The third-order valence-corrected chi connectivity index (χ3v) is 7.47. The number of unbranched alkanes of at least 4 members (excludes halogenated alkanes) is 10. The topological polar surface area (TPSA) is 54.0 Å². The van der Waals surface area contributed by atoms with Gasteiger partial charge in [-0.2, -0.15) is 0 Å². The standard InChI is InChI=1S/C20H40O5Si/c1-19(2)20(21)25-17-15-13-11-9-7-6-8-10-12-14-16-18-26(22-3,23-4)24-5/h1,6-18H2,2-5H3. The summed E-state index contributed by atoms with van der Waals surface area (Å²) in [6.07, 6.45) is 13.4. The van der Waals surface area contributed by atoms with Crippen LogP contribution in [0.2, 0.25) is 6.04 Å². The molecule has 0 aromatic rings. The van der Waals surface area contributed by atoms with Crippen molar-refractivity contribution in [2.75, 3.05) is 27.9 Å². The van der Waals surface area contributed by atoms with Crippen LogP contribution in [0.4, 0.5) is 0 Å². The first kappa shape index (κ1) is 25.3. The fourth-order valence-corrected chi connectivity index (χ4v) is 4.67. The molecule has 5 nitrogen and oxygen atoms in total. The summed E-state index contributed by atoms with van der Waals surface area (Å²) in [5.41, 5.74) is 0.475. The van der Waals surface area contributed by atoms with Crippen LogP contribution in [0.5, 0.6) is 0 Å². The van der Waals surface area contributed by atoms with Crippen molar-refractivity contribution in [1.29, 1.82) is 0 Å². The predicted molar refractivity (Wildman–Crippen MR) is 108 cm³/mol. The normalized spacial score (nSPS) is 11.5. The van der Waals surface area contributed by atoms with Crippen molar-refractivity contribution in [3.8, 4) is 0 Å². The lowest BCUT2D eigenvalue weighted by atomic mass is 10.1. The van der Waals surface area contributed by atoms with Crippen LogP contribution in [-0.2, 0) is 22.8 Å². The van der Waals surface area contributed by atoms with Crippen molar-refractivity contribution >= 4 is 14.8 Å². The Balaban J connectivity index is 3.32. The molecule has 0 aliphatic rings. The molecule has 6 heteroatoms. The maximum atomic E-state index is 11.2. The Kier molecular flexibility index (Phi) is 16.0. The fourth-order valence-electron chi connectivity index (χ4n) is 2.88. The third kappa shape index (κ3) is 12.6. The van der Waals surface area contributed by atoms with Crippen LogP contribution in [0, 0.1) is 0 Å². The molecule has 0 saturated carbocycles. The lowest BCUT2D eigenvalue weighted by Crippen LogP contribution is -2.42. The first-order valence-electron chi connectivity index (χ1n) is 9.99. The Hall–Kier alpha value is -0.693. The molecule has 26 heavy (non-hydrogen) atoms. The molecule has 0 bridgehead atoms. The van der Waals surface area contributed by atoms with E-state index in [-0.39, 0.29) is 5.97 Å². The van der Waals surface area contributed by atoms with Crippen molar-refractivity contribution in [1.82, 2.24) is 0 Å². The minimum atomic E-state index is -2.36. The Morgan fingerprint density at radius 1 is 0.731 bits per heavy atom. The van der Waals surface area contributed by atoms with E-state index < -0.39 is 8.80 Å². The number of esters is 1. The highest BCUT2D eigenvalue weighted by atomic mass is 28.4. The lowest BCUT2D eigenvalue weighted by molar-refractivity contribution is -0.139. The molecule has 154 valence electrons. The first-order valence-corrected chi connectivity index (χ1v) is 11.9. The second-order valence-electron chi connectivity index (χ2n) is 6.85. The summed E-state index contributed by atoms with van der Waals surface area (Å²) in [6, 6.07) is 0.901. The smallest absolute Gasteiger partial charge is 0.462 e. The quantitative estimate of drug-likeness (QED) is 0.138. The minimum absolute atomic E-state index is 0.273. The third-order valence-electron chi connectivity index (χ3n) is 4.64. The molecule has 0 amide bonds. The van der Waals surface area contributed by atoms with E-state index in [1.165, 1.54) is 51.4 Å². The van der Waals surface area contributed by atoms with Crippen LogP contribution in [0.1, 0.15) is 77.6 Å². The van der Waals surface area contributed by atoms with Gasteiger partial charge in [0.25, 0.3) is 0 Å². The average molecular weight is 389 g/mol. The van der Waals surface area contributed by atoms with E-state index in [9.17, 15) is 4.79 Å². The molecule has 0 atom stereocenters. The monoisotopic (exact) mass is 388 g/mol. The van der Waals surface area contributed by atoms with E-state index in [0.29, 0.717) is 12.2 Å². The molecule has 0 aromatic heterocycles. The summed E-state index contributed by atoms with van der Waals surface area (Å²) in [4.78, 5) is 11.2. The molecular formula is C20H40O5Si. The number of rotatable bonds is 18. The summed E-state index contributed by atoms with van der Waals surface area (Å²) < 4.78 is 21.4. The molecule has 0 spiro atoms. The van der Waals surface area contributed by atoms with Gasteiger partial charge in [0.15, 0.2) is 0 Å². The van der Waals surface area contributed by atoms with Crippen LogP contribution in [0.3, 0.4) is 0 Å². The number of carbonyl (C=O) groups is 1. The fraction of sp³-hybridized carbons (Fsp3) is 0.850.